The molecule has 0 saturated heterocycles. The molecule has 0 spiro atoms. The van der Waals surface area contributed by atoms with Gasteiger partial charge in [-0.3, -0.25) is 4.79 Å². The number of nitrogens with two attached hydrogens (primary N) is 1. The highest BCUT2D eigenvalue weighted by Crippen LogP contribution is 2.30. The summed E-state index contributed by atoms with van der Waals surface area (Å²) in [5.74, 6) is 7.75. The van der Waals surface area contributed by atoms with Crippen LogP contribution in [0, 0.1) is 6.92 Å². The average Bonchev–Trinajstić information content (AvgIpc) is 3.16. The number of aromatic nitrogens is 3. The fourth-order valence-corrected chi connectivity index (χ4v) is 3.66. The number of carbonyl (C=O) groups is 1. The number of carbonyl (C=O) groups excluding carboxylic acids is 1. The Morgan fingerprint density at radius 3 is 2.53 bits per heavy atom. The van der Waals surface area contributed by atoms with E-state index < -0.39 is 0 Å². The van der Waals surface area contributed by atoms with E-state index in [2.05, 4.69) is 15.5 Å². The smallest absolute Gasteiger partial charge is 0.234 e. The minimum absolute atomic E-state index is 0.106. The number of nitrogens with zero attached hydrogens (tertiary/aromatic N) is 3. The van der Waals surface area contributed by atoms with Gasteiger partial charge in [0.2, 0.25) is 11.1 Å². The summed E-state index contributed by atoms with van der Waals surface area (Å²) < 4.78 is 7.29. The van der Waals surface area contributed by atoms with Crippen molar-refractivity contribution in [3.8, 4) is 22.9 Å². The van der Waals surface area contributed by atoms with Crippen LogP contribution in [0.25, 0.3) is 11.4 Å². The Kier molecular flexibility index (Phi) is 6.63. The maximum atomic E-state index is 12.6. The molecule has 32 heavy (non-hydrogen) atoms. The first-order chi connectivity index (χ1) is 15.5. The molecule has 4 rings (SSSR count). The van der Waals surface area contributed by atoms with Crippen molar-refractivity contribution >= 4 is 35.0 Å². The molecule has 0 bridgehead atoms. The zero-order valence-corrected chi connectivity index (χ0v) is 18.7. The van der Waals surface area contributed by atoms with Crippen LogP contribution in [0.1, 0.15) is 5.56 Å². The van der Waals surface area contributed by atoms with Crippen LogP contribution in [0.2, 0.25) is 5.02 Å². The highest BCUT2D eigenvalue weighted by molar-refractivity contribution is 7.99. The number of benzene rings is 3. The Morgan fingerprint density at radius 2 is 1.78 bits per heavy atom. The molecule has 0 aliphatic carbocycles. The number of ether oxygens (including phenoxy) is 1. The van der Waals surface area contributed by atoms with Crippen LogP contribution in [0.15, 0.2) is 78.0 Å². The molecule has 7 nitrogen and oxygen atoms in total. The molecule has 162 valence electrons. The Bertz CT molecular complexity index is 1230. The SMILES string of the molecule is Cc1ccc(Oc2ccccc2NC(=O)CSc2nnc(-c3ccc(Cl)cc3)n2N)cc1. The van der Waals surface area contributed by atoms with Crippen LogP contribution in [0.4, 0.5) is 5.69 Å². The molecule has 0 radical (unpaired) electrons. The summed E-state index contributed by atoms with van der Waals surface area (Å²) in [6, 6.07) is 22.1. The largest absolute Gasteiger partial charge is 0.455 e. The second kappa shape index (κ2) is 9.76. The van der Waals surface area contributed by atoms with Crippen molar-refractivity contribution < 1.29 is 9.53 Å². The van der Waals surface area contributed by atoms with Crippen molar-refractivity contribution in [3.05, 3.63) is 83.4 Å². The number of nitrogen functional groups attached to an aromatic ring is 1. The fourth-order valence-electron chi connectivity index (χ4n) is 2.88. The number of rotatable bonds is 7. The Balaban J connectivity index is 1.40. The van der Waals surface area contributed by atoms with E-state index in [-0.39, 0.29) is 11.7 Å². The van der Waals surface area contributed by atoms with E-state index in [0.29, 0.717) is 33.2 Å². The number of anilines is 1. The van der Waals surface area contributed by atoms with E-state index in [1.165, 1.54) is 16.4 Å². The van der Waals surface area contributed by atoms with Crippen LogP contribution in [-0.2, 0) is 4.79 Å². The van der Waals surface area contributed by atoms with Crippen LogP contribution < -0.4 is 15.9 Å². The highest BCUT2D eigenvalue weighted by Gasteiger charge is 2.15. The Hall–Kier alpha value is -3.49. The number of para-hydroxylation sites is 2. The molecule has 0 saturated carbocycles. The summed E-state index contributed by atoms with van der Waals surface area (Å²) in [5.41, 5.74) is 2.50. The summed E-state index contributed by atoms with van der Waals surface area (Å²) in [7, 11) is 0. The molecule has 1 heterocycles. The number of aryl methyl sites for hydroxylation is 1. The molecule has 1 aromatic heterocycles. The third-order valence-electron chi connectivity index (χ3n) is 4.51. The van der Waals surface area contributed by atoms with Crippen molar-refractivity contribution in [1.82, 2.24) is 14.9 Å². The van der Waals surface area contributed by atoms with Crippen molar-refractivity contribution in [3.63, 3.8) is 0 Å². The van der Waals surface area contributed by atoms with E-state index in [9.17, 15) is 4.79 Å². The number of amides is 1. The zero-order chi connectivity index (χ0) is 22.5. The lowest BCUT2D eigenvalue weighted by atomic mass is 10.2. The molecule has 3 aromatic carbocycles. The normalized spacial score (nSPS) is 10.7. The van der Waals surface area contributed by atoms with Gasteiger partial charge in [0, 0.05) is 10.6 Å². The first-order valence-corrected chi connectivity index (χ1v) is 11.1. The van der Waals surface area contributed by atoms with E-state index in [1.807, 2.05) is 55.5 Å². The lowest BCUT2D eigenvalue weighted by molar-refractivity contribution is -0.113. The topological polar surface area (TPSA) is 95.1 Å². The second-order valence-corrected chi connectivity index (χ2v) is 8.31. The standard InChI is InChI=1S/C23H20ClN5O2S/c1-15-6-12-18(13-7-15)31-20-5-3-2-4-19(20)26-21(30)14-32-23-28-27-22(29(23)25)16-8-10-17(24)11-9-16/h2-13H,14,25H2,1H3,(H,26,30). The van der Waals surface area contributed by atoms with Crippen LogP contribution in [0.3, 0.4) is 0 Å². The number of halogens is 1. The van der Waals surface area contributed by atoms with Gasteiger partial charge in [0.25, 0.3) is 0 Å². The second-order valence-electron chi connectivity index (χ2n) is 6.93. The maximum Gasteiger partial charge on any atom is 0.234 e. The number of hydrogen-bond donors (Lipinski definition) is 2. The molecular weight excluding hydrogens is 446 g/mol. The third-order valence-corrected chi connectivity index (χ3v) is 5.70. The number of thioether (sulfide) groups is 1. The van der Waals surface area contributed by atoms with Crippen LogP contribution in [-0.4, -0.2) is 26.5 Å². The van der Waals surface area contributed by atoms with Gasteiger partial charge in [-0.15, -0.1) is 10.2 Å². The first-order valence-electron chi connectivity index (χ1n) is 9.72. The molecule has 0 aliphatic rings. The van der Waals surface area contributed by atoms with Crippen molar-refractivity contribution in [1.29, 1.82) is 0 Å². The van der Waals surface area contributed by atoms with Gasteiger partial charge in [0.05, 0.1) is 11.4 Å². The van der Waals surface area contributed by atoms with Crippen molar-refractivity contribution in [2.75, 3.05) is 16.9 Å². The summed E-state index contributed by atoms with van der Waals surface area (Å²) in [5, 5.41) is 12.1. The lowest BCUT2D eigenvalue weighted by Gasteiger charge is -2.12. The van der Waals surface area contributed by atoms with Gasteiger partial charge < -0.3 is 15.9 Å². The van der Waals surface area contributed by atoms with Gasteiger partial charge in [-0.2, -0.15) is 0 Å². The zero-order valence-electron chi connectivity index (χ0n) is 17.2. The molecule has 0 unspecified atom stereocenters. The van der Waals surface area contributed by atoms with Gasteiger partial charge in [0.1, 0.15) is 5.75 Å². The van der Waals surface area contributed by atoms with E-state index in [4.69, 9.17) is 22.2 Å². The van der Waals surface area contributed by atoms with Crippen molar-refractivity contribution in [2.45, 2.75) is 12.1 Å². The molecule has 9 heteroatoms. The molecule has 0 fully saturated rings. The first kappa shape index (κ1) is 21.7. The molecule has 4 aromatic rings. The molecule has 1 amide bonds. The molecule has 0 aliphatic heterocycles. The van der Waals surface area contributed by atoms with E-state index in [1.54, 1.807) is 24.3 Å². The molecular formula is C23H20ClN5O2S. The van der Waals surface area contributed by atoms with Gasteiger partial charge in [0.15, 0.2) is 11.6 Å². The van der Waals surface area contributed by atoms with Crippen LogP contribution in [0.5, 0.6) is 11.5 Å². The van der Waals surface area contributed by atoms with Gasteiger partial charge in [-0.25, -0.2) is 4.68 Å². The summed E-state index contributed by atoms with van der Waals surface area (Å²) >= 11 is 7.12. The van der Waals surface area contributed by atoms with Gasteiger partial charge in [-0.1, -0.05) is 53.2 Å². The minimum Gasteiger partial charge on any atom is -0.455 e. The average molecular weight is 466 g/mol. The summed E-state index contributed by atoms with van der Waals surface area (Å²) in [6.45, 7) is 2.01. The number of hydrogen-bond acceptors (Lipinski definition) is 6. The van der Waals surface area contributed by atoms with Crippen LogP contribution >= 0.6 is 23.4 Å². The van der Waals surface area contributed by atoms with E-state index in [0.717, 1.165) is 11.1 Å². The predicted octanol–water partition coefficient (Wildman–Crippen LogP) is 5.14. The molecule has 3 N–H and O–H groups in total. The Labute approximate surface area is 194 Å². The monoisotopic (exact) mass is 465 g/mol. The Morgan fingerprint density at radius 1 is 1.06 bits per heavy atom. The lowest BCUT2D eigenvalue weighted by Crippen LogP contribution is -2.16. The summed E-state index contributed by atoms with van der Waals surface area (Å²) in [4.78, 5) is 12.6. The predicted molar refractivity (Wildman–Crippen MR) is 128 cm³/mol. The minimum atomic E-state index is -0.217. The van der Waals surface area contributed by atoms with E-state index >= 15 is 0 Å². The fraction of sp³-hybridized carbons (Fsp3) is 0.0870. The highest BCUT2D eigenvalue weighted by atomic mass is 35.5. The maximum absolute atomic E-state index is 12.6. The quantitative estimate of drug-likeness (QED) is 0.289. The number of nitrogens with one attached hydrogen (secondary N) is 1. The van der Waals surface area contributed by atoms with Gasteiger partial charge in [-0.05, 0) is 55.5 Å². The molecule has 0 atom stereocenters. The third kappa shape index (κ3) is 5.22. The van der Waals surface area contributed by atoms with Crippen molar-refractivity contribution in [2.24, 2.45) is 0 Å². The van der Waals surface area contributed by atoms with Gasteiger partial charge >= 0.3 is 0 Å². The summed E-state index contributed by atoms with van der Waals surface area (Å²) in [6.07, 6.45) is 0.